The SMILES string of the molecule is CCCOc1ccc(N2C(=O)NC(=O)/C(=C\c3ccc(OCC(=O)Nc4ccccc4OC)c(OC)c3)C2=O)cc1OCC. The average molecular weight is 604 g/mol. The molecule has 1 heterocycles. The first-order valence-corrected chi connectivity index (χ1v) is 13.8. The van der Waals surface area contributed by atoms with Gasteiger partial charge in [-0.2, -0.15) is 0 Å². The molecule has 3 aromatic rings. The molecule has 2 N–H and O–H groups in total. The predicted molar refractivity (Wildman–Crippen MR) is 163 cm³/mol. The van der Waals surface area contributed by atoms with E-state index in [2.05, 4.69) is 10.6 Å². The minimum absolute atomic E-state index is 0.200. The molecule has 12 nitrogen and oxygen atoms in total. The topological polar surface area (TPSA) is 142 Å². The summed E-state index contributed by atoms with van der Waals surface area (Å²) in [6, 6.07) is 15.4. The Morgan fingerprint density at radius 1 is 0.841 bits per heavy atom. The maximum absolute atomic E-state index is 13.5. The zero-order chi connectivity index (χ0) is 31.6. The highest BCUT2D eigenvalue weighted by molar-refractivity contribution is 6.39. The Morgan fingerprint density at radius 2 is 1.57 bits per heavy atom. The first-order chi connectivity index (χ1) is 21.3. The summed E-state index contributed by atoms with van der Waals surface area (Å²) in [6.45, 7) is 4.25. The van der Waals surface area contributed by atoms with Crippen LogP contribution in [0.25, 0.3) is 6.08 Å². The summed E-state index contributed by atoms with van der Waals surface area (Å²) in [4.78, 5) is 52.3. The van der Waals surface area contributed by atoms with Crippen LogP contribution in [0, 0.1) is 0 Å². The van der Waals surface area contributed by atoms with Gasteiger partial charge in [-0.15, -0.1) is 0 Å². The Morgan fingerprint density at radius 3 is 2.30 bits per heavy atom. The van der Waals surface area contributed by atoms with Crippen molar-refractivity contribution >= 4 is 41.2 Å². The Kier molecular flexibility index (Phi) is 10.4. The average Bonchev–Trinajstić information content (AvgIpc) is 3.02. The Balaban J connectivity index is 1.53. The summed E-state index contributed by atoms with van der Waals surface area (Å²) in [7, 11) is 2.92. The van der Waals surface area contributed by atoms with Gasteiger partial charge in [0.1, 0.15) is 11.3 Å². The zero-order valence-corrected chi connectivity index (χ0v) is 24.8. The second-order valence-corrected chi connectivity index (χ2v) is 9.32. The van der Waals surface area contributed by atoms with Gasteiger partial charge >= 0.3 is 6.03 Å². The van der Waals surface area contributed by atoms with E-state index in [1.54, 1.807) is 49.4 Å². The van der Waals surface area contributed by atoms with E-state index in [0.29, 0.717) is 41.7 Å². The molecule has 0 saturated carbocycles. The number of amides is 5. The summed E-state index contributed by atoms with van der Waals surface area (Å²) in [6.07, 6.45) is 2.12. The van der Waals surface area contributed by atoms with Crippen LogP contribution in [0.3, 0.4) is 0 Å². The first kappa shape index (κ1) is 31.4. The smallest absolute Gasteiger partial charge is 0.335 e. The molecular weight excluding hydrogens is 570 g/mol. The third kappa shape index (κ3) is 7.27. The summed E-state index contributed by atoms with van der Waals surface area (Å²) in [5, 5.41) is 4.93. The van der Waals surface area contributed by atoms with Crippen LogP contribution in [0.4, 0.5) is 16.2 Å². The van der Waals surface area contributed by atoms with Gasteiger partial charge in [-0.25, -0.2) is 9.69 Å². The van der Waals surface area contributed by atoms with Crippen molar-refractivity contribution in [2.45, 2.75) is 20.3 Å². The minimum atomic E-state index is -0.894. The van der Waals surface area contributed by atoms with Crippen LogP contribution in [0.2, 0.25) is 0 Å². The van der Waals surface area contributed by atoms with E-state index in [-0.39, 0.29) is 29.4 Å². The number of rotatable bonds is 13. The molecule has 1 aliphatic rings. The second kappa shape index (κ2) is 14.6. The maximum Gasteiger partial charge on any atom is 0.335 e. The van der Waals surface area contributed by atoms with Gasteiger partial charge in [0.15, 0.2) is 29.6 Å². The number of nitrogens with zero attached hydrogens (tertiary/aromatic N) is 1. The van der Waals surface area contributed by atoms with Crippen LogP contribution in [0.1, 0.15) is 25.8 Å². The van der Waals surface area contributed by atoms with Crippen molar-refractivity contribution < 1.29 is 42.9 Å². The molecule has 0 spiro atoms. The first-order valence-electron chi connectivity index (χ1n) is 13.8. The van der Waals surface area contributed by atoms with E-state index in [9.17, 15) is 19.2 Å². The number of nitrogens with one attached hydrogen (secondary N) is 2. The molecule has 230 valence electrons. The minimum Gasteiger partial charge on any atom is -0.495 e. The third-order valence-electron chi connectivity index (χ3n) is 6.29. The van der Waals surface area contributed by atoms with E-state index in [1.807, 2.05) is 6.92 Å². The van der Waals surface area contributed by atoms with Gasteiger partial charge in [0.2, 0.25) is 0 Å². The Bertz CT molecular complexity index is 1580. The maximum atomic E-state index is 13.5. The van der Waals surface area contributed by atoms with Crippen molar-refractivity contribution in [3.63, 3.8) is 0 Å². The lowest BCUT2D eigenvalue weighted by Crippen LogP contribution is -2.54. The van der Waals surface area contributed by atoms with Crippen LogP contribution >= 0.6 is 0 Å². The molecule has 0 atom stereocenters. The fourth-order valence-corrected chi connectivity index (χ4v) is 4.26. The number of methoxy groups -OCH3 is 2. The van der Waals surface area contributed by atoms with E-state index < -0.39 is 23.8 Å². The van der Waals surface area contributed by atoms with Gasteiger partial charge in [-0.1, -0.05) is 25.1 Å². The molecule has 3 aromatic carbocycles. The number of carbonyl (C=O) groups excluding carboxylic acids is 4. The van der Waals surface area contributed by atoms with Crippen LogP contribution in [-0.2, 0) is 14.4 Å². The van der Waals surface area contributed by atoms with E-state index in [1.165, 1.54) is 38.5 Å². The molecule has 4 rings (SSSR count). The standard InChI is InChI=1S/C32H33N3O9/c1-5-15-43-26-14-12-21(18-28(26)42-6-2)35-31(38)22(30(37)34-32(35)39)16-20-11-13-25(27(17-20)41-4)44-19-29(36)33-23-9-7-8-10-24(23)40-3/h7-14,16-18H,5-6,15,19H2,1-4H3,(H,33,36)(H,34,37,39)/b22-16+. The summed E-state index contributed by atoms with van der Waals surface area (Å²) >= 11 is 0. The van der Waals surface area contributed by atoms with Crippen molar-refractivity contribution in [2.24, 2.45) is 0 Å². The number of urea groups is 1. The lowest BCUT2D eigenvalue weighted by Gasteiger charge is -2.27. The van der Waals surface area contributed by atoms with Crippen molar-refractivity contribution in [1.29, 1.82) is 0 Å². The summed E-state index contributed by atoms with van der Waals surface area (Å²) in [5.41, 5.74) is 0.834. The van der Waals surface area contributed by atoms with Gasteiger partial charge < -0.3 is 29.0 Å². The number of imide groups is 2. The number of para-hydroxylation sites is 2. The van der Waals surface area contributed by atoms with Crippen LogP contribution < -0.4 is 39.2 Å². The fourth-order valence-electron chi connectivity index (χ4n) is 4.26. The number of ether oxygens (including phenoxy) is 5. The Labute approximate surface area is 254 Å². The zero-order valence-electron chi connectivity index (χ0n) is 24.8. The normalized spacial score (nSPS) is 13.8. The predicted octanol–water partition coefficient (Wildman–Crippen LogP) is 4.58. The third-order valence-corrected chi connectivity index (χ3v) is 6.29. The lowest BCUT2D eigenvalue weighted by molar-refractivity contribution is -0.122. The molecule has 0 aliphatic carbocycles. The van der Waals surface area contributed by atoms with Crippen molar-refractivity contribution in [3.05, 3.63) is 71.8 Å². The van der Waals surface area contributed by atoms with Crippen LogP contribution in [0.15, 0.2) is 66.2 Å². The largest absolute Gasteiger partial charge is 0.495 e. The van der Waals surface area contributed by atoms with Gasteiger partial charge in [0.05, 0.1) is 38.8 Å². The molecule has 1 aliphatic heterocycles. The van der Waals surface area contributed by atoms with Crippen LogP contribution in [0.5, 0.6) is 28.7 Å². The fraction of sp³-hybridized carbons (Fsp3) is 0.250. The Hall–Kier alpha value is -5.52. The highest BCUT2D eigenvalue weighted by Gasteiger charge is 2.37. The quantitative estimate of drug-likeness (QED) is 0.212. The van der Waals surface area contributed by atoms with Gasteiger partial charge in [0.25, 0.3) is 17.7 Å². The second-order valence-electron chi connectivity index (χ2n) is 9.32. The van der Waals surface area contributed by atoms with E-state index in [4.69, 9.17) is 23.7 Å². The molecule has 0 aromatic heterocycles. The molecule has 1 fully saturated rings. The summed E-state index contributed by atoms with van der Waals surface area (Å²) < 4.78 is 27.7. The van der Waals surface area contributed by atoms with Gasteiger partial charge in [-0.3, -0.25) is 19.7 Å². The summed E-state index contributed by atoms with van der Waals surface area (Å²) in [5.74, 6) is -0.244. The number of barbiturate groups is 1. The monoisotopic (exact) mass is 603 g/mol. The molecule has 5 amide bonds. The highest BCUT2D eigenvalue weighted by atomic mass is 16.5. The molecule has 0 bridgehead atoms. The van der Waals surface area contributed by atoms with E-state index >= 15 is 0 Å². The highest BCUT2D eigenvalue weighted by Crippen LogP contribution is 2.34. The number of carbonyl (C=O) groups is 4. The van der Waals surface area contributed by atoms with Gasteiger partial charge in [0, 0.05) is 6.07 Å². The molecule has 44 heavy (non-hydrogen) atoms. The van der Waals surface area contributed by atoms with E-state index in [0.717, 1.165) is 11.3 Å². The number of hydrogen-bond acceptors (Lipinski definition) is 9. The van der Waals surface area contributed by atoms with Crippen molar-refractivity contribution in [2.75, 3.05) is 44.3 Å². The molecule has 1 saturated heterocycles. The molecule has 0 unspecified atom stereocenters. The lowest BCUT2D eigenvalue weighted by atomic mass is 10.1. The van der Waals surface area contributed by atoms with Crippen LogP contribution in [-0.4, -0.2) is 57.8 Å². The van der Waals surface area contributed by atoms with Crippen molar-refractivity contribution in [3.8, 4) is 28.7 Å². The number of benzene rings is 3. The molecule has 12 heteroatoms. The molecular formula is C32H33N3O9. The van der Waals surface area contributed by atoms with Gasteiger partial charge in [-0.05, 0) is 61.4 Å². The molecule has 0 radical (unpaired) electrons. The number of hydrogen-bond donors (Lipinski definition) is 2. The number of anilines is 2. The van der Waals surface area contributed by atoms with Crippen molar-refractivity contribution in [1.82, 2.24) is 5.32 Å².